The summed E-state index contributed by atoms with van der Waals surface area (Å²) in [5, 5.41) is 3.53. The molecule has 7 heteroatoms. The Morgan fingerprint density at radius 2 is 2.03 bits per heavy atom. The number of morpholine rings is 1. The number of para-hydroxylation sites is 1. The monoisotopic (exact) mass is 551 g/mol. The van der Waals surface area contributed by atoms with Crippen molar-refractivity contribution in [1.82, 2.24) is 4.90 Å². The number of benzene rings is 2. The molecule has 1 atom stereocenters. The lowest BCUT2D eigenvalue weighted by Gasteiger charge is -2.27. The van der Waals surface area contributed by atoms with Crippen LogP contribution in [0.5, 0.6) is 5.75 Å². The van der Waals surface area contributed by atoms with Gasteiger partial charge in [0.1, 0.15) is 0 Å². The van der Waals surface area contributed by atoms with Gasteiger partial charge in [-0.3, -0.25) is 9.89 Å². The molecule has 1 aromatic heterocycles. The van der Waals surface area contributed by atoms with Crippen molar-refractivity contribution in [2.75, 3.05) is 46.5 Å². The van der Waals surface area contributed by atoms with Gasteiger partial charge in [0.2, 0.25) is 0 Å². The van der Waals surface area contributed by atoms with Crippen LogP contribution in [0.15, 0.2) is 58.0 Å². The second kappa shape index (κ2) is 14.1. The molecule has 39 heavy (non-hydrogen) atoms. The Kier molecular flexibility index (Phi) is 10.5. The summed E-state index contributed by atoms with van der Waals surface area (Å²) < 4.78 is 28.0. The van der Waals surface area contributed by atoms with E-state index >= 15 is 4.39 Å². The summed E-state index contributed by atoms with van der Waals surface area (Å²) in [4.78, 5) is 6.67. The molecule has 2 heterocycles. The maximum atomic E-state index is 15.1. The molecule has 1 fully saturated rings. The Morgan fingerprint density at radius 3 is 2.77 bits per heavy atom. The van der Waals surface area contributed by atoms with E-state index in [2.05, 4.69) is 47.3 Å². The second-order valence-corrected chi connectivity index (χ2v) is 11.4. The molecule has 0 amide bonds. The molecule has 0 bridgehead atoms. The first-order valence-corrected chi connectivity index (χ1v) is 14.9. The van der Waals surface area contributed by atoms with Crippen LogP contribution in [0.1, 0.15) is 45.6 Å². The number of hydrogen-bond donors (Lipinski definition) is 1. The van der Waals surface area contributed by atoms with E-state index in [4.69, 9.17) is 15.2 Å². The van der Waals surface area contributed by atoms with Crippen molar-refractivity contribution >= 4 is 27.1 Å². The smallest absolute Gasteiger partial charge is 0.165 e. The fourth-order valence-electron chi connectivity index (χ4n) is 5.32. The minimum Gasteiger partial charge on any atom is -0.490 e. The molecular weight excluding hydrogens is 509 g/mol. The van der Waals surface area contributed by atoms with Crippen LogP contribution in [0.4, 0.5) is 4.39 Å². The van der Waals surface area contributed by atoms with Crippen LogP contribution in [0, 0.1) is 11.7 Å². The van der Waals surface area contributed by atoms with E-state index < -0.39 is 0 Å². The van der Waals surface area contributed by atoms with Gasteiger partial charge in [0.15, 0.2) is 11.6 Å². The summed E-state index contributed by atoms with van der Waals surface area (Å²) in [6.45, 7) is 10.6. The standard InChI is InChI=1S/C32H42FN3O2S/c1-5-7-22(2)18-25-21-39-31-11-10-24(19-28(25)31)27-8-6-9-29(33)32(27)38-15-12-26(23(3)35-4)30(34)20-36-13-16-37-17-14-36/h6,8-11,19,21-22H,5,7,12-18,20,34H2,1-4H3. The van der Waals surface area contributed by atoms with Crippen LogP contribution < -0.4 is 10.5 Å². The first-order chi connectivity index (χ1) is 18.9. The molecule has 1 unspecified atom stereocenters. The molecule has 2 aromatic carbocycles. The van der Waals surface area contributed by atoms with E-state index in [1.807, 2.05) is 13.0 Å². The number of ether oxygens (including phenoxy) is 2. The largest absolute Gasteiger partial charge is 0.490 e. The van der Waals surface area contributed by atoms with Gasteiger partial charge in [0.25, 0.3) is 0 Å². The number of nitrogens with zero attached hydrogens (tertiary/aromatic N) is 2. The zero-order valence-corrected chi connectivity index (χ0v) is 24.6. The van der Waals surface area contributed by atoms with E-state index in [1.54, 1.807) is 24.5 Å². The van der Waals surface area contributed by atoms with Gasteiger partial charge in [-0.05, 0) is 64.9 Å². The van der Waals surface area contributed by atoms with Crippen molar-refractivity contribution in [2.45, 2.75) is 46.5 Å². The van der Waals surface area contributed by atoms with Crippen LogP contribution in [0.2, 0.25) is 0 Å². The maximum absolute atomic E-state index is 15.1. The SMILES string of the molecule is CCCC(C)Cc1csc2ccc(-c3cccc(F)c3OCCC(C(C)=NC)=C(N)CN3CCOCC3)cc12. The van der Waals surface area contributed by atoms with Crippen LogP contribution in [-0.2, 0) is 11.2 Å². The minimum atomic E-state index is -0.359. The molecule has 1 aliphatic rings. The molecule has 0 aliphatic carbocycles. The number of thiophene rings is 1. The molecule has 2 N–H and O–H groups in total. The summed E-state index contributed by atoms with van der Waals surface area (Å²) in [6.07, 6.45) is 4.02. The van der Waals surface area contributed by atoms with Gasteiger partial charge in [-0.1, -0.05) is 44.9 Å². The fraction of sp³-hybridized carbons (Fsp3) is 0.469. The first kappa shape index (κ1) is 29.2. The first-order valence-electron chi connectivity index (χ1n) is 14.0. The summed E-state index contributed by atoms with van der Waals surface area (Å²) in [6, 6.07) is 11.6. The third kappa shape index (κ3) is 7.47. The number of fused-ring (bicyclic) bond motifs is 1. The Labute approximate surface area is 236 Å². The number of halogens is 1. The van der Waals surface area contributed by atoms with E-state index in [-0.39, 0.29) is 11.6 Å². The number of rotatable bonds is 12. The van der Waals surface area contributed by atoms with E-state index in [0.29, 0.717) is 25.5 Å². The normalized spacial score (nSPS) is 16.4. The predicted molar refractivity (Wildman–Crippen MR) is 163 cm³/mol. The fourth-order valence-corrected chi connectivity index (χ4v) is 6.28. The lowest BCUT2D eigenvalue weighted by Crippen LogP contribution is -2.39. The van der Waals surface area contributed by atoms with Crippen LogP contribution >= 0.6 is 11.3 Å². The van der Waals surface area contributed by atoms with Crippen molar-refractivity contribution in [3.8, 4) is 16.9 Å². The number of nitrogens with two attached hydrogens (primary N) is 1. The van der Waals surface area contributed by atoms with Crippen LogP contribution in [-0.4, -0.2) is 57.1 Å². The van der Waals surface area contributed by atoms with Crippen LogP contribution in [0.3, 0.4) is 0 Å². The van der Waals surface area contributed by atoms with Crippen molar-refractivity contribution in [1.29, 1.82) is 0 Å². The highest BCUT2D eigenvalue weighted by atomic mass is 32.1. The Hall–Kier alpha value is -2.74. The van der Waals surface area contributed by atoms with Gasteiger partial charge in [0, 0.05) is 54.8 Å². The number of aliphatic imine (C=N–C) groups is 1. The van der Waals surface area contributed by atoms with Gasteiger partial charge in [0.05, 0.1) is 19.8 Å². The van der Waals surface area contributed by atoms with E-state index in [9.17, 15) is 0 Å². The molecule has 210 valence electrons. The summed E-state index contributed by atoms with van der Waals surface area (Å²) in [5.74, 6) is 0.560. The molecule has 5 nitrogen and oxygen atoms in total. The topological polar surface area (TPSA) is 60.1 Å². The molecule has 4 rings (SSSR count). The number of hydrogen-bond acceptors (Lipinski definition) is 6. The third-order valence-corrected chi connectivity index (χ3v) is 8.55. The zero-order valence-electron chi connectivity index (χ0n) is 23.8. The Balaban J connectivity index is 1.54. The van der Waals surface area contributed by atoms with Gasteiger partial charge in [-0.2, -0.15) is 0 Å². The lowest BCUT2D eigenvalue weighted by molar-refractivity contribution is 0.0420. The Bertz CT molecular complexity index is 1310. The van der Waals surface area contributed by atoms with E-state index in [0.717, 1.165) is 60.8 Å². The highest BCUT2D eigenvalue weighted by Gasteiger charge is 2.17. The molecule has 0 saturated carbocycles. The van der Waals surface area contributed by atoms with Gasteiger partial charge < -0.3 is 15.2 Å². The van der Waals surface area contributed by atoms with Crippen molar-refractivity contribution in [3.05, 3.63) is 64.4 Å². The average molecular weight is 552 g/mol. The highest BCUT2D eigenvalue weighted by molar-refractivity contribution is 7.17. The average Bonchev–Trinajstić information content (AvgIpc) is 3.33. The maximum Gasteiger partial charge on any atom is 0.165 e. The molecular formula is C32H42FN3O2S. The zero-order chi connectivity index (χ0) is 27.8. The lowest BCUT2D eigenvalue weighted by atomic mass is 9.95. The summed E-state index contributed by atoms with van der Waals surface area (Å²) in [7, 11) is 1.77. The highest BCUT2D eigenvalue weighted by Crippen LogP contribution is 2.37. The van der Waals surface area contributed by atoms with Crippen molar-refractivity contribution in [2.24, 2.45) is 16.6 Å². The summed E-state index contributed by atoms with van der Waals surface area (Å²) >= 11 is 1.78. The predicted octanol–water partition coefficient (Wildman–Crippen LogP) is 7.09. The molecule has 0 radical (unpaired) electrons. The summed E-state index contributed by atoms with van der Waals surface area (Å²) in [5.41, 5.74) is 12.3. The molecule has 1 saturated heterocycles. The Morgan fingerprint density at radius 1 is 1.23 bits per heavy atom. The van der Waals surface area contributed by atoms with Gasteiger partial charge in [-0.15, -0.1) is 11.3 Å². The van der Waals surface area contributed by atoms with Crippen molar-refractivity contribution < 1.29 is 13.9 Å². The minimum absolute atomic E-state index is 0.283. The second-order valence-electron chi connectivity index (χ2n) is 10.5. The van der Waals surface area contributed by atoms with Crippen molar-refractivity contribution in [3.63, 3.8) is 0 Å². The van der Waals surface area contributed by atoms with Crippen LogP contribution in [0.25, 0.3) is 21.2 Å². The quantitative estimate of drug-likeness (QED) is 0.244. The molecule has 3 aromatic rings. The molecule has 0 spiro atoms. The van der Waals surface area contributed by atoms with E-state index in [1.165, 1.54) is 34.6 Å². The molecule has 1 aliphatic heterocycles. The van der Waals surface area contributed by atoms with Gasteiger partial charge >= 0.3 is 0 Å². The third-order valence-electron chi connectivity index (χ3n) is 7.54. The van der Waals surface area contributed by atoms with Gasteiger partial charge in [-0.25, -0.2) is 4.39 Å².